The van der Waals surface area contributed by atoms with Gasteiger partial charge in [-0.25, -0.2) is 13.2 Å². The van der Waals surface area contributed by atoms with Crippen LogP contribution in [0.4, 0.5) is 4.79 Å². The predicted molar refractivity (Wildman–Crippen MR) is 146 cm³/mol. The van der Waals surface area contributed by atoms with E-state index in [-0.39, 0.29) is 36.1 Å². The van der Waals surface area contributed by atoms with Crippen molar-refractivity contribution in [2.24, 2.45) is 11.8 Å². The topological polar surface area (TPSA) is 124 Å². The maximum absolute atomic E-state index is 14.3. The maximum atomic E-state index is 14.3. The lowest BCUT2D eigenvalue weighted by Crippen LogP contribution is -2.51. The summed E-state index contributed by atoms with van der Waals surface area (Å²) in [6.45, 7) is -16.0. The SMILES string of the molecule is [2H]C([2H])([2H])C([2H])(C([2H])([2H])[2H])C([2H])([2H])N(C[C@@H](O)[C@H](Cc1ccccc1)NC(=O)O[C@]1([2H])[C@@H]2CCO[C@@H]2OC1([2H])[2H])S(=O)(=O)c1ccc2c(c1)OCC2. The van der Waals surface area contributed by atoms with Crippen LogP contribution in [0, 0.1) is 11.8 Å². The molecule has 0 spiro atoms. The van der Waals surface area contributed by atoms with Gasteiger partial charge < -0.3 is 29.4 Å². The molecule has 2 N–H and O–H groups in total. The Morgan fingerprint density at radius 3 is 2.92 bits per heavy atom. The van der Waals surface area contributed by atoms with E-state index in [1.165, 1.54) is 6.07 Å². The standard InChI is InChI=1S/C29H38N2O8S/c1-19(2)16-31(40(34,35)22-9-8-21-10-12-36-26(21)15-22)17-25(32)24(14-20-6-4-3-5-7-20)30-29(33)39-27-18-38-28-23(27)11-13-37-28/h3-9,15,19,23-25,27-28,32H,10-14,16-18H2,1-2H3,(H,30,33)/t23-,24-,25+,27-,28+/m0/s1/i1D3,2D3,16D2,18D2,19D,27D. The van der Waals surface area contributed by atoms with Crippen LogP contribution in [0.1, 0.15) is 47.7 Å². The largest absolute Gasteiger partial charge is 0.493 e. The number of carbonyl (C=O) groups is 1. The van der Waals surface area contributed by atoms with E-state index in [0.717, 1.165) is 12.1 Å². The van der Waals surface area contributed by atoms with Crippen LogP contribution < -0.4 is 10.1 Å². The van der Waals surface area contributed by atoms with Gasteiger partial charge in [0.15, 0.2) is 6.29 Å². The molecule has 0 unspecified atom stereocenters. The van der Waals surface area contributed by atoms with E-state index < -0.39 is 90.6 Å². The molecule has 11 heteroatoms. The highest BCUT2D eigenvalue weighted by Gasteiger charge is 2.44. The number of carbonyl (C=O) groups excluding carboxylic acids is 1. The molecule has 3 aliphatic rings. The van der Waals surface area contributed by atoms with Crippen molar-refractivity contribution >= 4 is 16.1 Å². The lowest BCUT2D eigenvalue weighted by atomic mass is 10.0. The van der Waals surface area contributed by atoms with Gasteiger partial charge in [0, 0.05) is 37.9 Å². The zero-order valence-electron chi connectivity index (χ0n) is 33.3. The van der Waals surface area contributed by atoms with Crippen LogP contribution in [0.2, 0.25) is 0 Å². The smallest absolute Gasteiger partial charge is 0.407 e. The van der Waals surface area contributed by atoms with E-state index in [1.807, 2.05) is 0 Å². The lowest BCUT2D eigenvalue weighted by Gasteiger charge is -2.31. The molecular formula is C29H38N2O8S. The number of nitrogens with one attached hydrogen (secondary N) is 1. The second-order valence-electron chi connectivity index (χ2n) is 9.51. The summed E-state index contributed by atoms with van der Waals surface area (Å²) in [6.07, 6.45) is -7.23. The second-order valence-corrected chi connectivity index (χ2v) is 11.4. The van der Waals surface area contributed by atoms with Gasteiger partial charge in [0.2, 0.25) is 10.0 Å². The highest BCUT2D eigenvalue weighted by atomic mass is 32.2. The van der Waals surface area contributed by atoms with Crippen LogP contribution in [-0.2, 0) is 37.1 Å². The number of hydrogen-bond acceptors (Lipinski definition) is 8. The Balaban J connectivity index is 1.55. The first kappa shape index (κ1) is 17.3. The third-order valence-electron chi connectivity index (χ3n) is 6.77. The predicted octanol–water partition coefficient (Wildman–Crippen LogP) is 2.73. The lowest BCUT2D eigenvalue weighted by molar-refractivity contribution is -0.0907. The highest BCUT2D eigenvalue weighted by Crippen LogP contribution is 2.33. The summed E-state index contributed by atoms with van der Waals surface area (Å²) in [5.41, 5.74) is 1.04. The van der Waals surface area contributed by atoms with Gasteiger partial charge in [-0.2, -0.15) is 4.31 Å². The monoisotopic (exact) mass is 586 g/mol. The van der Waals surface area contributed by atoms with Crippen LogP contribution in [0.3, 0.4) is 0 Å². The molecule has 2 aromatic rings. The Hall–Kier alpha value is -2.70. The molecule has 1 amide bonds. The molecule has 2 saturated heterocycles. The molecule has 0 aliphatic carbocycles. The van der Waals surface area contributed by atoms with Crippen molar-refractivity contribution in [2.75, 3.05) is 32.8 Å². The van der Waals surface area contributed by atoms with Crippen molar-refractivity contribution < 1.29 is 53.7 Å². The summed E-state index contributed by atoms with van der Waals surface area (Å²) in [5, 5.41) is 14.0. The molecule has 5 atom stereocenters. The normalized spacial score (nSPS) is 32.2. The van der Waals surface area contributed by atoms with Gasteiger partial charge in [-0.05, 0) is 35.9 Å². The summed E-state index contributed by atoms with van der Waals surface area (Å²) < 4.78 is 149. The number of ether oxygens (including phenoxy) is 4. The summed E-state index contributed by atoms with van der Waals surface area (Å²) in [4.78, 5) is 12.7. The van der Waals surface area contributed by atoms with Crippen LogP contribution in [0.15, 0.2) is 53.4 Å². The highest BCUT2D eigenvalue weighted by molar-refractivity contribution is 7.89. The van der Waals surface area contributed by atoms with Crippen molar-refractivity contribution in [3.63, 3.8) is 0 Å². The van der Waals surface area contributed by atoms with E-state index in [4.69, 9.17) is 35.4 Å². The Bertz CT molecular complexity index is 1730. The Labute approximate surface area is 252 Å². The van der Waals surface area contributed by atoms with E-state index >= 15 is 0 Å². The Morgan fingerprint density at radius 2 is 2.12 bits per heavy atom. The van der Waals surface area contributed by atoms with Gasteiger partial charge in [-0.15, -0.1) is 0 Å². The van der Waals surface area contributed by atoms with Gasteiger partial charge in [-0.1, -0.05) is 50.1 Å². The van der Waals surface area contributed by atoms with Crippen molar-refractivity contribution in [1.82, 2.24) is 9.62 Å². The third-order valence-corrected chi connectivity index (χ3v) is 8.44. The zero-order chi connectivity index (χ0) is 38.7. The number of benzene rings is 2. The third kappa shape index (κ3) is 6.60. The number of aliphatic hydroxyl groups excluding tert-OH is 1. The molecule has 0 aromatic heterocycles. The van der Waals surface area contributed by atoms with Crippen molar-refractivity contribution in [2.45, 2.75) is 62.4 Å². The van der Waals surface area contributed by atoms with E-state index in [0.29, 0.717) is 17.5 Å². The number of amides is 1. The zero-order valence-corrected chi connectivity index (χ0v) is 22.1. The van der Waals surface area contributed by atoms with E-state index in [2.05, 4.69) is 5.32 Å². The van der Waals surface area contributed by atoms with Crippen LogP contribution in [0.25, 0.3) is 0 Å². The minimum absolute atomic E-state index is 0.0962. The molecule has 40 heavy (non-hydrogen) atoms. The fourth-order valence-electron chi connectivity index (χ4n) is 4.71. The van der Waals surface area contributed by atoms with Crippen molar-refractivity contribution in [1.29, 1.82) is 0 Å². The minimum Gasteiger partial charge on any atom is -0.493 e. The molecule has 10 nitrogen and oxygen atoms in total. The van der Waals surface area contributed by atoms with Gasteiger partial charge in [0.05, 0.1) is 46.8 Å². The number of alkyl carbamates (subject to hydrolysis) is 1. The number of hydrogen-bond donors (Lipinski definition) is 2. The number of fused-ring (bicyclic) bond motifs is 2. The van der Waals surface area contributed by atoms with E-state index in [9.17, 15) is 18.3 Å². The molecule has 5 rings (SSSR count). The summed E-state index contributed by atoms with van der Waals surface area (Å²) >= 11 is 0. The summed E-state index contributed by atoms with van der Waals surface area (Å²) in [5.74, 6) is -5.05. The minimum atomic E-state index is -5.32. The summed E-state index contributed by atoms with van der Waals surface area (Å²) in [7, 11) is -5.32. The van der Waals surface area contributed by atoms with Gasteiger partial charge in [0.1, 0.15) is 11.8 Å². The maximum Gasteiger partial charge on any atom is 0.407 e. The molecule has 218 valence electrons. The van der Waals surface area contributed by atoms with Crippen LogP contribution >= 0.6 is 0 Å². The average molecular weight is 587 g/mol. The summed E-state index contributed by atoms with van der Waals surface area (Å²) in [6, 6.07) is 9.85. The Morgan fingerprint density at radius 1 is 1.30 bits per heavy atom. The molecule has 0 bridgehead atoms. The Kier molecular flexibility index (Phi) is 5.38. The van der Waals surface area contributed by atoms with Crippen LogP contribution in [-0.4, -0.2) is 81.3 Å². The molecule has 0 saturated carbocycles. The number of rotatable bonds is 11. The molecule has 2 fully saturated rings. The molecule has 3 aliphatic heterocycles. The number of nitrogens with zero attached hydrogens (tertiary/aromatic N) is 1. The first-order valence-electron chi connectivity index (χ1n) is 18.7. The number of aliphatic hydroxyl groups is 1. The van der Waals surface area contributed by atoms with Crippen molar-refractivity contribution in [3.8, 4) is 5.75 Å². The van der Waals surface area contributed by atoms with Crippen molar-refractivity contribution in [3.05, 3.63) is 59.7 Å². The van der Waals surface area contributed by atoms with Gasteiger partial charge in [0.25, 0.3) is 0 Å². The molecule has 2 aromatic carbocycles. The molecule has 0 radical (unpaired) electrons. The molecular weight excluding hydrogens is 536 g/mol. The average Bonchev–Trinajstić information content (AvgIpc) is 3.74. The van der Waals surface area contributed by atoms with E-state index in [1.54, 1.807) is 30.3 Å². The van der Waals surface area contributed by atoms with Gasteiger partial charge >= 0.3 is 6.09 Å². The fraction of sp³-hybridized carbons (Fsp3) is 0.552. The number of sulfonamides is 1. The fourth-order valence-corrected chi connectivity index (χ4v) is 6.03. The van der Waals surface area contributed by atoms with Crippen LogP contribution in [0.5, 0.6) is 5.75 Å². The second kappa shape index (κ2) is 12.4. The van der Waals surface area contributed by atoms with Gasteiger partial charge in [-0.3, -0.25) is 0 Å². The first-order valence-corrected chi connectivity index (χ1v) is 14.1. The molecule has 3 heterocycles. The quantitative estimate of drug-likeness (QED) is 0.412. The first-order chi connectivity index (χ1) is 23.9.